The van der Waals surface area contributed by atoms with Gasteiger partial charge in [-0.2, -0.15) is 0 Å². The van der Waals surface area contributed by atoms with E-state index in [1.165, 1.54) is 17.0 Å². The molecule has 49 heavy (non-hydrogen) atoms. The van der Waals surface area contributed by atoms with E-state index in [1.54, 1.807) is 42.6 Å². The van der Waals surface area contributed by atoms with Crippen molar-refractivity contribution >= 4 is 40.5 Å². The van der Waals surface area contributed by atoms with E-state index in [9.17, 15) is 34.2 Å². The molecule has 0 unspecified atom stereocenters. The minimum Gasteiger partial charge on any atom is -0.508 e. The van der Waals surface area contributed by atoms with E-state index >= 15 is 0 Å². The average molecular weight is 667 g/mol. The fraction of sp³-hybridized carbons (Fsp3) is 0.306. The second-order valence-electron chi connectivity index (χ2n) is 12.4. The largest absolute Gasteiger partial charge is 0.508 e. The molecule has 6 N–H and O–H groups in total. The predicted octanol–water partition coefficient (Wildman–Crippen LogP) is 1.66. The quantitative estimate of drug-likeness (QED) is 0.164. The zero-order valence-corrected chi connectivity index (χ0v) is 26.7. The average Bonchev–Trinajstić information content (AvgIpc) is 3.75. The standard InChI is InChI=1S/C36H38N6O7/c43-25-14-12-23(13-15-25)18-30-35(48)41-16-6-11-31(41)34(47)38-28(19-24-20-37-27-10-5-4-9-26(24)27)33(46)39-29(17-22-7-2-1-3-8-22)36(49)42(40-30)21-32(44)45/h1-5,7-10,12-15,20,28-31,37,40,43H,6,11,16-19,21H2,(H,38,47)(H,39,46)(H,44,45)/t28-,29+,30+,31+/m1/s1. The van der Waals surface area contributed by atoms with Crippen molar-refractivity contribution in [2.75, 3.05) is 13.1 Å². The van der Waals surface area contributed by atoms with Gasteiger partial charge in [-0.1, -0.05) is 60.7 Å². The number of fused-ring (bicyclic) bond motifs is 2. The van der Waals surface area contributed by atoms with E-state index in [4.69, 9.17) is 0 Å². The highest BCUT2D eigenvalue weighted by Crippen LogP contribution is 2.23. The molecule has 2 fully saturated rings. The lowest BCUT2D eigenvalue weighted by molar-refractivity contribution is -0.151. The number of aromatic nitrogens is 1. The van der Waals surface area contributed by atoms with Gasteiger partial charge in [0.15, 0.2) is 0 Å². The molecule has 4 aromatic rings. The Balaban J connectivity index is 1.41. The number of hydrazine groups is 1. The number of H-pyrrole nitrogens is 1. The maximum absolute atomic E-state index is 14.3. The zero-order chi connectivity index (χ0) is 34.5. The number of phenols is 1. The maximum Gasteiger partial charge on any atom is 0.324 e. The predicted molar refractivity (Wildman–Crippen MR) is 179 cm³/mol. The van der Waals surface area contributed by atoms with Crippen molar-refractivity contribution in [1.29, 1.82) is 0 Å². The number of phenolic OH excluding ortho intramolecular Hbond substituents is 1. The van der Waals surface area contributed by atoms with Crippen LogP contribution in [0.5, 0.6) is 5.75 Å². The summed E-state index contributed by atoms with van der Waals surface area (Å²) in [6, 6.07) is 18.3. The summed E-state index contributed by atoms with van der Waals surface area (Å²) < 4.78 is 0. The van der Waals surface area contributed by atoms with E-state index in [0.717, 1.165) is 21.5 Å². The van der Waals surface area contributed by atoms with Crippen LogP contribution in [0, 0.1) is 0 Å². The summed E-state index contributed by atoms with van der Waals surface area (Å²) in [5, 5.41) is 27.1. The first kappa shape index (κ1) is 33.2. The SMILES string of the molecule is O=C(O)CN1N[C@@H](Cc2ccc(O)cc2)C(=O)N2CCC[C@H]2C(=O)N[C@H](Cc2c[nH]c3ccccc23)C(=O)N[C@@H](Cc2ccccc2)C1=O. The summed E-state index contributed by atoms with van der Waals surface area (Å²) in [5.74, 6) is -3.70. The van der Waals surface area contributed by atoms with Crippen LogP contribution in [0.4, 0.5) is 0 Å². The van der Waals surface area contributed by atoms with Gasteiger partial charge in [0.2, 0.25) is 17.7 Å². The topological polar surface area (TPSA) is 184 Å². The molecule has 6 rings (SSSR count). The number of nitrogens with one attached hydrogen (secondary N) is 4. The number of hydrogen-bond acceptors (Lipinski definition) is 7. The van der Waals surface area contributed by atoms with Crippen LogP contribution in [-0.2, 0) is 43.2 Å². The number of hydrogen-bond donors (Lipinski definition) is 6. The number of amides is 4. The molecule has 0 bridgehead atoms. The molecule has 3 aromatic carbocycles. The number of aromatic hydroxyl groups is 1. The van der Waals surface area contributed by atoms with Crippen molar-refractivity contribution in [2.45, 2.75) is 56.3 Å². The second kappa shape index (κ2) is 14.6. The normalized spacial score (nSPS) is 22.1. The zero-order valence-electron chi connectivity index (χ0n) is 26.7. The highest BCUT2D eigenvalue weighted by atomic mass is 16.4. The Labute approximate surface area is 282 Å². The third kappa shape index (κ3) is 7.73. The molecule has 2 aliphatic heterocycles. The van der Waals surface area contributed by atoms with E-state index < -0.39 is 60.3 Å². The molecular weight excluding hydrogens is 628 g/mol. The van der Waals surface area contributed by atoms with Gasteiger partial charge in [0.05, 0.1) is 0 Å². The van der Waals surface area contributed by atoms with Crippen LogP contribution < -0.4 is 16.1 Å². The number of aliphatic carboxylic acids is 1. The first-order valence-electron chi connectivity index (χ1n) is 16.2. The van der Waals surface area contributed by atoms with Crippen molar-refractivity contribution in [3.63, 3.8) is 0 Å². The Hall–Kier alpha value is -5.69. The molecule has 0 aliphatic carbocycles. The number of carbonyl (C=O) groups excluding carboxylic acids is 4. The molecule has 2 saturated heterocycles. The molecular formula is C36H38N6O7. The first-order chi connectivity index (χ1) is 23.7. The number of benzene rings is 3. The Morgan fingerprint density at radius 1 is 0.755 bits per heavy atom. The van der Waals surface area contributed by atoms with Gasteiger partial charge in [-0.25, -0.2) is 5.43 Å². The van der Waals surface area contributed by atoms with E-state index in [0.29, 0.717) is 24.0 Å². The van der Waals surface area contributed by atoms with Crippen molar-refractivity contribution < 1.29 is 34.2 Å². The summed E-state index contributed by atoms with van der Waals surface area (Å²) in [4.78, 5) is 73.4. The van der Waals surface area contributed by atoms with E-state index in [-0.39, 0.29) is 31.6 Å². The molecule has 4 amide bonds. The fourth-order valence-corrected chi connectivity index (χ4v) is 6.58. The second-order valence-corrected chi connectivity index (χ2v) is 12.4. The number of carboxylic acid groups (broad SMARTS) is 1. The molecule has 13 nitrogen and oxygen atoms in total. The lowest BCUT2D eigenvalue weighted by Gasteiger charge is -2.33. The summed E-state index contributed by atoms with van der Waals surface area (Å²) in [6.07, 6.45) is 2.80. The molecule has 1 aromatic heterocycles. The molecule has 254 valence electrons. The van der Waals surface area contributed by atoms with Gasteiger partial charge in [0.25, 0.3) is 5.91 Å². The number of carboxylic acids is 1. The van der Waals surface area contributed by atoms with Crippen molar-refractivity contribution in [2.24, 2.45) is 0 Å². The molecule has 2 aliphatic rings. The van der Waals surface area contributed by atoms with Crippen LogP contribution in [0.3, 0.4) is 0 Å². The monoisotopic (exact) mass is 666 g/mol. The molecule has 0 spiro atoms. The van der Waals surface area contributed by atoms with E-state index in [2.05, 4.69) is 21.0 Å². The summed E-state index contributed by atoms with van der Waals surface area (Å²) in [5.41, 5.74) is 5.83. The van der Waals surface area contributed by atoms with Gasteiger partial charge in [-0.3, -0.25) is 29.0 Å². The van der Waals surface area contributed by atoms with Crippen LogP contribution in [0.2, 0.25) is 0 Å². The lowest BCUT2D eigenvalue weighted by atomic mass is 10.0. The van der Waals surface area contributed by atoms with Crippen molar-refractivity contribution in [3.8, 4) is 5.75 Å². The number of aromatic amines is 1. The van der Waals surface area contributed by atoms with Crippen molar-refractivity contribution in [3.05, 3.63) is 102 Å². The molecule has 0 radical (unpaired) electrons. The number of nitrogens with zero attached hydrogens (tertiary/aromatic N) is 2. The van der Waals surface area contributed by atoms with Gasteiger partial charge >= 0.3 is 5.97 Å². The minimum absolute atomic E-state index is 0.0162. The highest BCUT2D eigenvalue weighted by molar-refractivity contribution is 5.97. The van der Waals surface area contributed by atoms with Crippen LogP contribution in [0.25, 0.3) is 10.9 Å². The van der Waals surface area contributed by atoms with E-state index in [1.807, 2.05) is 30.3 Å². The Morgan fingerprint density at radius 2 is 1.43 bits per heavy atom. The smallest absolute Gasteiger partial charge is 0.324 e. The summed E-state index contributed by atoms with van der Waals surface area (Å²) in [6.45, 7) is -0.549. The lowest BCUT2D eigenvalue weighted by Crippen LogP contribution is -2.61. The van der Waals surface area contributed by atoms with Gasteiger partial charge in [0, 0.05) is 36.5 Å². The van der Waals surface area contributed by atoms with Gasteiger partial charge in [-0.15, -0.1) is 0 Å². The third-order valence-corrected chi connectivity index (χ3v) is 9.01. The van der Waals surface area contributed by atoms with Gasteiger partial charge in [-0.05, 0) is 54.2 Å². The first-order valence-corrected chi connectivity index (χ1v) is 16.2. The number of rotatable bonds is 8. The van der Waals surface area contributed by atoms with Crippen LogP contribution in [0.15, 0.2) is 85.1 Å². The molecule has 4 atom stereocenters. The van der Waals surface area contributed by atoms with Crippen LogP contribution in [0.1, 0.15) is 29.5 Å². The van der Waals surface area contributed by atoms with Crippen LogP contribution >= 0.6 is 0 Å². The fourth-order valence-electron chi connectivity index (χ4n) is 6.58. The van der Waals surface area contributed by atoms with Gasteiger partial charge in [0.1, 0.15) is 36.5 Å². The van der Waals surface area contributed by atoms with Crippen LogP contribution in [-0.4, -0.2) is 92.0 Å². The van der Waals surface area contributed by atoms with Gasteiger partial charge < -0.3 is 30.7 Å². The molecule has 13 heteroatoms. The summed E-state index contributed by atoms with van der Waals surface area (Å²) >= 11 is 0. The number of para-hydroxylation sites is 1. The minimum atomic E-state index is -1.33. The third-order valence-electron chi connectivity index (χ3n) is 9.01. The Bertz CT molecular complexity index is 1840. The maximum atomic E-state index is 14.3. The molecule has 0 saturated carbocycles. The number of carbonyl (C=O) groups is 5. The highest BCUT2D eigenvalue weighted by Gasteiger charge is 2.41. The summed E-state index contributed by atoms with van der Waals surface area (Å²) in [7, 11) is 0. The molecule has 3 heterocycles. The Morgan fingerprint density at radius 3 is 2.18 bits per heavy atom. The van der Waals surface area contributed by atoms with Crippen molar-refractivity contribution in [1.82, 2.24) is 31.0 Å². The Kier molecular flexibility index (Phi) is 9.90.